The molecule has 0 amide bonds. The van der Waals surface area contributed by atoms with Gasteiger partial charge in [0, 0.05) is 18.8 Å². The number of anilines is 2. The van der Waals surface area contributed by atoms with Crippen LogP contribution in [0.15, 0.2) is 12.1 Å². The summed E-state index contributed by atoms with van der Waals surface area (Å²) in [6.07, 6.45) is 5.17. The van der Waals surface area contributed by atoms with E-state index in [2.05, 4.69) is 16.8 Å². The fourth-order valence-corrected chi connectivity index (χ4v) is 2.59. The smallest absolute Gasteiger partial charge is 0.152 e. The van der Waals surface area contributed by atoms with Crippen LogP contribution < -0.4 is 10.6 Å². The van der Waals surface area contributed by atoms with Crippen molar-refractivity contribution in [3.05, 3.63) is 17.8 Å². The number of aromatic nitrogens is 1. The maximum absolute atomic E-state index is 6.03. The van der Waals surface area contributed by atoms with Crippen LogP contribution in [0, 0.1) is 12.8 Å². The molecule has 1 aliphatic heterocycles. The number of hydrogen-bond acceptors (Lipinski definition) is 3. The van der Waals surface area contributed by atoms with Crippen molar-refractivity contribution in [3.8, 4) is 0 Å². The topological polar surface area (TPSA) is 42.2 Å². The van der Waals surface area contributed by atoms with Crippen LogP contribution in [0.3, 0.4) is 0 Å². The van der Waals surface area contributed by atoms with Gasteiger partial charge in [-0.3, -0.25) is 0 Å². The average molecular weight is 233 g/mol. The van der Waals surface area contributed by atoms with Crippen molar-refractivity contribution in [2.45, 2.75) is 39.5 Å². The summed E-state index contributed by atoms with van der Waals surface area (Å²) in [4.78, 5) is 6.95. The lowest BCUT2D eigenvalue weighted by Gasteiger charge is -2.23. The summed E-state index contributed by atoms with van der Waals surface area (Å²) in [5, 5.41) is 0. The molecule has 1 aromatic rings. The average Bonchev–Trinajstić information content (AvgIpc) is 2.57. The zero-order valence-electron chi connectivity index (χ0n) is 10.9. The molecule has 17 heavy (non-hydrogen) atoms. The number of rotatable bonds is 2. The van der Waals surface area contributed by atoms with Crippen LogP contribution in [0.1, 0.15) is 38.3 Å². The summed E-state index contributed by atoms with van der Waals surface area (Å²) in [6, 6.07) is 3.95. The van der Waals surface area contributed by atoms with Gasteiger partial charge in [-0.1, -0.05) is 13.3 Å². The number of nitrogen functional groups attached to an aromatic ring is 1. The van der Waals surface area contributed by atoms with E-state index < -0.39 is 0 Å². The summed E-state index contributed by atoms with van der Waals surface area (Å²) in [5.41, 5.74) is 7.89. The van der Waals surface area contributed by atoms with Crippen molar-refractivity contribution in [3.63, 3.8) is 0 Å². The molecule has 0 aliphatic carbocycles. The molecule has 2 heterocycles. The van der Waals surface area contributed by atoms with Crippen molar-refractivity contribution in [1.29, 1.82) is 0 Å². The number of nitrogens with zero attached hydrogens (tertiary/aromatic N) is 2. The van der Waals surface area contributed by atoms with E-state index in [0.717, 1.165) is 36.2 Å². The van der Waals surface area contributed by atoms with Gasteiger partial charge in [0.15, 0.2) is 5.82 Å². The Bertz CT molecular complexity index is 376. The molecule has 2 N–H and O–H groups in total. The minimum atomic E-state index is 0.811. The molecule has 1 fully saturated rings. The molecule has 1 unspecified atom stereocenters. The van der Waals surface area contributed by atoms with Crippen LogP contribution in [0.25, 0.3) is 0 Å². The van der Waals surface area contributed by atoms with Crippen molar-refractivity contribution < 1.29 is 0 Å². The predicted octanol–water partition coefficient (Wildman–Crippen LogP) is 2.99. The predicted molar refractivity (Wildman–Crippen MR) is 73.2 cm³/mol. The lowest BCUT2D eigenvalue weighted by molar-refractivity contribution is 0.459. The summed E-state index contributed by atoms with van der Waals surface area (Å²) < 4.78 is 0. The van der Waals surface area contributed by atoms with Gasteiger partial charge in [-0.05, 0) is 44.2 Å². The van der Waals surface area contributed by atoms with E-state index in [4.69, 9.17) is 5.73 Å². The number of nitrogens with two attached hydrogens (primary N) is 1. The van der Waals surface area contributed by atoms with Gasteiger partial charge >= 0.3 is 0 Å². The minimum Gasteiger partial charge on any atom is -0.396 e. The van der Waals surface area contributed by atoms with Gasteiger partial charge in [0.1, 0.15) is 0 Å². The molecular weight excluding hydrogens is 210 g/mol. The third kappa shape index (κ3) is 2.90. The summed E-state index contributed by atoms with van der Waals surface area (Å²) in [5.74, 6) is 1.87. The third-order valence-corrected chi connectivity index (χ3v) is 3.77. The van der Waals surface area contributed by atoms with Gasteiger partial charge in [-0.25, -0.2) is 4.98 Å². The molecule has 1 atom stereocenters. The maximum Gasteiger partial charge on any atom is 0.152 e. The summed E-state index contributed by atoms with van der Waals surface area (Å²) in [6.45, 7) is 6.51. The standard InChI is InChI=1S/C14H23N3/c1-3-12-5-4-9-17(10-8-12)14-13(15)7-6-11(2)16-14/h6-7,12H,3-5,8-10,15H2,1-2H3. The van der Waals surface area contributed by atoms with Crippen LogP contribution in [0.5, 0.6) is 0 Å². The highest BCUT2D eigenvalue weighted by Gasteiger charge is 2.18. The molecule has 0 bridgehead atoms. The van der Waals surface area contributed by atoms with Gasteiger partial charge in [0.2, 0.25) is 0 Å². The van der Waals surface area contributed by atoms with E-state index in [-0.39, 0.29) is 0 Å². The summed E-state index contributed by atoms with van der Waals surface area (Å²) in [7, 11) is 0. The van der Waals surface area contributed by atoms with Gasteiger partial charge in [-0.2, -0.15) is 0 Å². The second-order valence-electron chi connectivity index (χ2n) is 5.06. The zero-order valence-corrected chi connectivity index (χ0v) is 10.9. The fraction of sp³-hybridized carbons (Fsp3) is 0.643. The van der Waals surface area contributed by atoms with Gasteiger partial charge in [0.25, 0.3) is 0 Å². The Morgan fingerprint density at radius 1 is 1.35 bits per heavy atom. The molecule has 0 spiro atoms. The molecule has 0 aromatic carbocycles. The van der Waals surface area contributed by atoms with E-state index in [1.54, 1.807) is 0 Å². The van der Waals surface area contributed by atoms with Crippen molar-refractivity contribution in [1.82, 2.24) is 4.98 Å². The second-order valence-corrected chi connectivity index (χ2v) is 5.06. The molecule has 0 radical (unpaired) electrons. The maximum atomic E-state index is 6.03. The normalized spacial score (nSPS) is 21.3. The Hall–Kier alpha value is -1.25. The highest BCUT2D eigenvalue weighted by atomic mass is 15.2. The Labute approximate surface area is 104 Å². The molecule has 3 heteroatoms. The van der Waals surface area contributed by atoms with E-state index in [1.165, 1.54) is 25.7 Å². The molecule has 1 aromatic heterocycles. The van der Waals surface area contributed by atoms with Crippen molar-refractivity contribution in [2.24, 2.45) is 5.92 Å². The SMILES string of the molecule is CCC1CCCN(c2nc(C)ccc2N)CC1. The third-order valence-electron chi connectivity index (χ3n) is 3.77. The lowest BCUT2D eigenvalue weighted by atomic mass is 9.98. The van der Waals surface area contributed by atoms with Crippen LogP contribution in [0.2, 0.25) is 0 Å². The van der Waals surface area contributed by atoms with E-state index in [1.807, 2.05) is 19.1 Å². The largest absolute Gasteiger partial charge is 0.396 e. The van der Waals surface area contributed by atoms with Crippen molar-refractivity contribution >= 4 is 11.5 Å². The zero-order chi connectivity index (χ0) is 12.3. The van der Waals surface area contributed by atoms with Gasteiger partial charge in [0.05, 0.1) is 5.69 Å². The van der Waals surface area contributed by atoms with E-state index >= 15 is 0 Å². The first-order valence-corrected chi connectivity index (χ1v) is 6.68. The monoisotopic (exact) mass is 233 g/mol. The Balaban J connectivity index is 2.13. The molecular formula is C14H23N3. The number of aryl methyl sites for hydroxylation is 1. The second kappa shape index (κ2) is 5.39. The lowest BCUT2D eigenvalue weighted by Crippen LogP contribution is -2.26. The summed E-state index contributed by atoms with van der Waals surface area (Å²) >= 11 is 0. The molecule has 94 valence electrons. The highest BCUT2D eigenvalue weighted by Crippen LogP contribution is 2.26. The number of pyridine rings is 1. The quantitative estimate of drug-likeness (QED) is 0.854. The van der Waals surface area contributed by atoms with Crippen LogP contribution in [0.4, 0.5) is 11.5 Å². The first kappa shape index (κ1) is 12.2. The fourth-order valence-electron chi connectivity index (χ4n) is 2.59. The molecule has 1 saturated heterocycles. The minimum absolute atomic E-state index is 0.811. The molecule has 2 rings (SSSR count). The van der Waals surface area contributed by atoms with E-state index in [9.17, 15) is 0 Å². The Morgan fingerprint density at radius 2 is 2.18 bits per heavy atom. The Kier molecular flexibility index (Phi) is 3.87. The molecule has 0 saturated carbocycles. The molecule has 1 aliphatic rings. The number of hydrogen-bond donors (Lipinski definition) is 1. The van der Waals surface area contributed by atoms with Crippen molar-refractivity contribution in [2.75, 3.05) is 23.7 Å². The van der Waals surface area contributed by atoms with Crippen LogP contribution in [-0.4, -0.2) is 18.1 Å². The van der Waals surface area contributed by atoms with Gasteiger partial charge < -0.3 is 10.6 Å². The van der Waals surface area contributed by atoms with Crippen LogP contribution in [-0.2, 0) is 0 Å². The first-order valence-electron chi connectivity index (χ1n) is 6.68. The highest BCUT2D eigenvalue weighted by molar-refractivity contribution is 5.62. The van der Waals surface area contributed by atoms with Gasteiger partial charge in [-0.15, -0.1) is 0 Å². The first-order chi connectivity index (χ1) is 8.20. The van der Waals surface area contributed by atoms with E-state index in [0.29, 0.717) is 0 Å². The Morgan fingerprint density at radius 3 is 2.94 bits per heavy atom. The van der Waals surface area contributed by atoms with Crippen LogP contribution >= 0.6 is 0 Å². The molecule has 3 nitrogen and oxygen atoms in total.